The predicted molar refractivity (Wildman–Crippen MR) is 63.1 cm³/mol. The first-order chi connectivity index (χ1) is 9.03. The third-order valence-corrected chi connectivity index (χ3v) is 2.01. The third kappa shape index (κ3) is 3.62. The standard InChI is InChI=1S/C12H12F3NO4/c1-12(2,3)20-11(19)16-6-4-5(10(17)18)7(13)9(15)8(6)14/h4H,1-3H3,(H,16,19)(H,17,18). The van der Waals surface area contributed by atoms with Crippen molar-refractivity contribution in [2.75, 3.05) is 5.32 Å². The average Bonchev–Trinajstić information content (AvgIpc) is 2.27. The number of anilines is 1. The minimum absolute atomic E-state index is 0.472. The van der Waals surface area contributed by atoms with Gasteiger partial charge in [-0.25, -0.2) is 22.8 Å². The van der Waals surface area contributed by atoms with E-state index in [0.29, 0.717) is 6.07 Å². The quantitative estimate of drug-likeness (QED) is 0.821. The van der Waals surface area contributed by atoms with Gasteiger partial charge >= 0.3 is 12.1 Å². The van der Waals surface area contributed by atoms with Crippen molar-refractivity contribution < 1.29 is 32.6 Å². The summed E-state index contributed by atoms with van der Waals surface area (Å²) in [5.41, 5.74) is -2.82. The van der Waals surface area contributed by atoms with E-state index in [1.165, 1.54) is 20.8 Å². The summed E-state index contributed by atoms with van der Waals surface area (Å²) in [6, 6.07) is 0.472. The molecule has 0 unspecified atom stereocenters. The maximum Gasteiger partial charge on any atom is 0.412 e. The molecule has 0 heterocycles. The van der Waals surface area contributed by atoms with Crippen molar-refractivity contribution >= 4 is 17.7 Å². The van der Waals surface area contributed by atoms with Gasteiger partial charge in [-0.15, -0.1) is 0 Å². The third-order valence-electron chi connectivity index (χ3n) is 2.01. The predicted octanol–water partition coefficient (Wildman–Crippen LogP) is 3.15. The van der Waals surface area contributed by atoms with Gasteiger partial charge in [0.25, 0.3) is 0 Å². The van der Waals surface area contributed by atoms with Gasteiger partial charge < -0.3 is 9.84 Å². The molecular formula is C12H12F3NO4. The molecule has 0 atom stereocenters. The first-order valence-corrected chi connectivity index (χ1v) is 5.43. The summed E-state index contributed by atoms with van der Waals surface area (Å²) >= 11 is 0. The lowest BCUT2D eigenvalue weighted by Crippen LogP contribution is -2.27. The van der Waals surface area contributed by atoms with Crippen LogP contribution in [0.25, 0.3) is 0 Å². The molecule has 0 saturated carbocycles. The summed E-state index contributed by atoms with van der Waals surface area (Å²) < 4.78 is 44.6. The molecule has 0 aliphatic rings. The molecule has 0 radical (unpaired) electrons. The number of benzene rings is 1. The molecule has 0 aliphatic heterocycles. The molecule has 110 valence electrons. The van der Waals surface area contributed by atoms with Crippen LogP contribution in [-0.4, -0.2) is 22.8 Å². The Kier molecular flexibility index (Phi) is 4.26. The molecule has 0 spiro atoms. The fraction of sp³-hybridized carbons (Fsp3) is 0.333. The van der Waals surface area contributed by atoms with Crippen LogP contribution in [0.4, 0.5) is 23.7 Å². The van der Waals surface area contributed by atoms with Gasteiger partial charge in [-0.3, -0.25) is 5.32 Å². The van der Waals surface area contributed by atoms with Crippen LogP contribution in [0.1, 0.15) is 31.1 Å². The molecular weight excluding hydrogens is 279 g/mol. The Bertz CT molecular complexity index is 567. The van der Waals surface area contributed by atoms with Gasteiger partial charge in [0, 0.05) is 0 Å². The minimum Gasteiger partial charge on any atom is -0.478 e. The number of ether oxygens (including phenoxy) is 1. The molecule has 0 aliphatic carbocycles. The molecule has 0 bridgehead atoms. The number of hydrogen-bond acceptors (Lipinski definition) is 3. The fourth-order valence-corrected chi connectivity index (χ4v) is 1.26. The van der Waals surface area contributed by atoms with Gasteiger partial charge in [0.15, 0.2) is 17.5 Å². The second-order valence-electron chi connectivity index (χ2n) is 4.85. The molecule has 0 saturated heterocycles. The lowest BCUT2D eigenvalue weighted by atomic mass is 10.1. The Morgan fingerprint density at radius 2 is 1.70 bits per heavy atom. The molecule has 1 amide bonds. The van der Waals surface area contributed by atoms with Gasteiger partial charge in [-0.05, 0) is 26.8 Å². The van der Waals surface area contributed by atoms with E-state index in [9.17, 15) is 22.8 Å². The van der Waals surface area contributed by atoms with E-state index >= 15 is 0 Å². The minimum atomic E-state index is -1.99. The summed E-state index contributed by atoms with van der Waals surface area (Å²) in [4.78, 5) is 22.1. The van der Waals surface area contributed by atoms with E-state index in [1.54, 1.807) is 0 Å². The molecule has 0 aromatic heterocycles. The van der Waals surface area contributed by atoms with Crippen molar-refractivity contribution in [2.45, 2.75) is 26.4 Å². The number of hydrogen-bond donors (Lipinski definition) is 2. The zero-order valence-corrected chi connectivity index (χ0v) is 10.9. The molecule has 1 rings (SSSR count). The Morgan fingerprint density at radius 1 is 1.15 bits per heavy atom. The smallest absolute Gasteiger partial charge is 0.412 e. The molecule has 2 N–H and O–H groups in total. The van der Waals surface area contributed by atoms with Gasteiger partial charge in [0.05, 0.1) is 5.69 Å². The molecule has 1 aromatic carbocycles. The lowest BCUT2D eigenvalue weighted by molar-refractivity contribution is 0.0631. The first-order valence-electron chi connectivity index (χ1n) is 5.43. The van der Waals surface area contributed by atoms with Gasteiger partial charge in [0.1, 0.15) is 11.2 Å². The number of carbonyl (C=O) groups is 2. The van der Waals surface area contributed by atoms with Crippen LogP contribution in [0.2, 0.25) is 0 Å². The van der Waals surface area contributed by atoms with Crippen LogP contribution < -0.4 is 5.32 Å². The van der Waals surface area contributed by atoms with E-state index < -0.39 is 46.4 Å². The largest absolute Gasteiger partial charge is 0.478 e. The van der Waals surface area contributed by atoms with Crippen molar-refractivity contribution in [3.63, 3.8) is 0 Å². The SMILES string of the molecule is CC(C)(C)OC(=O)Nc1cc(C(=O)O)c(F)c(F)c1F. The van der Waals surface area contributed by atoms with Crippen molar-refractivity contribution in [1.82, 2.24) is 0 Å². The number of halogens is 3. The lowest BCUT2D eigenvalue weighted by Gasteiger charge is -2.20. The van der Waals surface area contributed by atoms with Gasteiger partial charge in [-0.2, -0.15) is 0 Å². The van der Waals surface area contributed by atoms with Crippen LogP contribution in [0.3, 0.4) is 0 Å². The van der Waals surface area contributed by atoms with E-state index in [2.05, 4.69) is 0 Å². The number of amides is 1. The summed E-state index contributed by atoms with van der Waals surface area (Å²) in [6.07, 6.45) is -1.13. The number of rotatable bonds is 2. The molecule has 5 nitrogen and oxygen atoms in total. The molecule has 20 heavy (non-hydrogen) atoms. The van der Waals surface area contributed by atoms with Crippen LogP contribution >= 0.6 is 0 Å². The molecule has 1 aromatic rings. The van der Waals surface area contributed by atoms with Crippen LogP contribution in [0.15, 0.2) is 6.07 Å². The first kappa shape index (κ1) is 15.8. The van der Waals surface area contributed by atoms with E-state index in [-0.39, 0.29) is 0 Å². The zero-order valence-electron chi connectivity index (χ0n) is 10.9. The Hall–Kier alpha value is -2.25. The number of carboxylic acid groups (broad SMARTS) is 1. The zero-order chi connectivity index (χ0) is 15.7. The van der Waals surface area contributed by atoms with Crippen molar-refractivity contribution in [3.05, 3.63) is 29.1 Å². The average molecular weight is 291 g/mol. The highest BCUT2D eigenvalue weighted by Crippen LogP contribution is 2.24. The number of aromatic carboxylic acids is 1. The summed E-state index contributed by atoms with van der Waals surface area (Å²) in [6.45, 7) is 4.62. The van der Waals surface area contributed by atoms with Gasteiger partial charge in [0.2, 0.25) is 0 Å². The number of nitrogens with one attached hydrogen (secondary N) is 1. The van der Waals surface area contributed by atoms with Crippen molar-refractivity contribution in [1.29, 1.82) is 0 Å². The second-order valence-corrected chi connectivity index (χ2v) is 4.85. The van der Waals surface area contributed by atoms with Crippen LogP contribution in [0, 0.1) is 17.5 Å². The summed E-state index contributed by atoms with van der Waals surface area (Å²) in [5, 5.41) is 10.5. The summed E-state index contributed by atoms with van der Waals surface area (Å²) in [7, 11) is 0. The monoisotopic (exact) mass is 291 g/mol. The summed E-state index contributed by atoms with van der Waals surface area (Å²) in [5.74, 6) is -7.34. The topological polar surface area (TPSA) is 75.6 Å². The number of carbonyl (C=O) groups excluding carboxylic acids is 1. The molecule has 8 heteroatoms. The molecule has 0 fully saturated rings. The Morgan fingerprint density at radius 3 is 2.15 bits per heavy atom. The van der Waals surface area contributed by atoms with Crippen molar-refractivity contribution in [3.8, 4) is 0 Å². The van der Waals surface area contributed by atoms with Crippen LogP contribution in [-0.2, 0) is 4.74 Å². The Balaban J connectivity index is 3.13. The highest BCUT2D eigenvalue weighted by Gasteiger charge is 2.24. The highest BCUT2D eigenvalue weighted by molar-refractivity contribution is 5.92. The fourth-order valence-electron chi connectivity index (χ4n) is 1.26. The van der Waals surface area contributed by atoms with Crippen LogP contribution in [0.5, 0.6) is 0 Å². The Labute approximate surface area is 112 Å². The maximum absolute atomic E-state index is 13.4. The number of carboxylic acids is 1. The second kappa shape index (κ2) is 5.40. The van der Waals surface area contributed by atoms with E-state index in [1.807, 2.05) is 5.32 Å². The van der Waals surface area contributed by atoms with E-state index in [0.717, 1.165) is 0 Å². The normalized spacial score (nSPS) is 11.1. The van der Waals surface area contributed by atoms with Gasteiger partial charge in [-0.1, -0.05) is 0 Å². The van der Waals surface area contributed by atoms with E-state index in [4.69, 9.17) is 9.84 Å². The van der Waals surface area contributed by atoms with Crippen molar-refractivity contribution in [2.24, 2.45) is 0 Å². The highest BCUT2D eigenvalue weighted by atomic mass is 19.2. The maximum atomic E-state index is 13.4.